The highest BCUT2D eigenvalue weighted by Crippen LogP contribution is 2.35. The normalized spacial score (nSPS) is 14.8. The predicted molar refractivity (Wildman–Crippen MR) is 267 cm³/mol. The van der Waals surface area contributed by atoms with E-state index in [-0.39, 0.29) is 21.3 Å². The maximum Gasteiger partial charge on any atom is 0.246 e. The Kier molecular flexibility index (Phi) is 16.9. The minimum absolute atomic E-state index is 0.135. The fourth-order valence-electron chi connectivity index (χ4n) is 7.59. The number of methoxy groups -OCH3 is 6. The fourth-order valence-corrected chi connectivity index (χ4v) is 12.9. The van der Waals surface area contributed by atoms with Crippen LogP contribution in [0.2, 0.25) is 10.0 Å². The first-order valence-electron chi connectivity index (χ1n) is 21.2. The van der Waals surface area contributed by atoms with Crippen molar-refractivity contribution in [3.8, 4) is 34.5 Å². The van der Waals surface area contributed by atoms with Crippen molar-refractivity contribution in [2.75, 3.05) is 105 Å². The van der Waals surface area contributed by atoms with Crippen LogP contribution in [0.5, 0.6) is 34.5 Å². The molecule has 0 radical (unpaired) electrons. The topological polar surface area (TPSA) is 162 Å². The lowest BCUT2D eigenvalue weighted by Gasteiger charge is -2.34. The molecule has 0 amide bonds. The zero-order valence-electron chi connectivity index (χ0n) is 38.3. The molecule has 68 heavy (non-hydrogen) atoms. The Morgan fingerprint density at radius 1 is 0.500 bits per heavy atom. The van der Waals surface area contributed by atoms with Crippen LogP contribution >= 0.6 is 45.9 Å². The minimum Gasteiger partial charge on any atom is -0.497 e. The Bertz CT molecular complexity index is 2900. The lowest BCUT2D eigenvalue weighted by atomic mass is 10.1. The minimum atomic E-state index is -3.70. The molecule has 4 aromatic carbocycles. The van der Waals surface area contributed by atoms with Gasteiger partial charge in [0.05, 0.1) is 54.0 Å². The molecule has 0 aliphatic carbocycles. The van der Waals surface area contributed by atoms with Gasteiger partial charge in [0.2, 0.25) is 20.0 Å². The maximum absolute atomic E-state index is 13.3. The molecule has 0 N–H and O–H groups in total. The van der Waals surface area contributed by atoms with Gasteiger partial charge in [0.25, 0.3) is 0 Å². The molecule has 8 rings (SSSR count). The summed E-state index contributed by atoms with van der Waals surface area (Å²) in [5, 5.41) is 7.00. The van der Waals surface area contributed by atoms with Crippen molar-refractivity contribution in [3.63, 3.8) is 0 Å². The number of benzene rings is 4. The Labute approximate surface area is 415 Å². The smallest absolute Gasteiger partial charge is 0.246 e. The van der Waals surface area contributed by atoms with Crippen LogP contribution in [0.1, 0.15) is 22.5 Å². The summed E-state index contributed by atoms with van der Waals surface area (Å²) in [6.07, 6.45) is 1.24. The summed E-state index contributed by atoms with van der Waals surface area (Å²) < 4.78 is 87.7. The van der Waals surface area contributed by atoms with Gasteiger partial charge in [0.15, 0.2) is 10.3 Å². The number of anilines is 2. The molecule has 4 heterocycles. The average Bonchev–Trinajstić information content (AvgIpc) is 4.05. The van der Waals surface area contributed by atoms with Crippen LogP contribution in [-0.4, -0.2) is 130 Å². The van der Waals surface area contributed by atoms with Crippen molar-refractivity contribution in [3.05, 3.63) is 116 Å². The van der Waals surface area contributed by atoms with Gasteiger partial charge in [-0.25, -0.2) is 26.8 Å². The zero-order valence-corrected chi connectivity index (χ0v) is 43.1. The Balaban J connectivity index is 0.000000202. The van der Waals surface area contributed by atoms with Gasteiger partial charge >= 0.3 is 0 Å². The van der Waals surface area contributed by atoms with Gasteiger partial charge < -0.3 is 38.2 Å². The largest absolute Gasteiger partial charge is 0.497 e. The molecule has 2 aromatic heterocycles. The first kappa shape index (κ1) is 50.8. The second-order valence-electron chi connectivity index (χ2n) is 15.3. The molecule has 0 unspecified atom stereocenters. The van der Waals surface area contributed by atoms with Gasteiger partial charge in [0.1, 0.15) is 44.3 Å². The zero-order chi connectivity index (χ0) is 48.6. The quantitative estimate of drug-likeness (QED) is 0.0921. The van der Waals surface area contributed by atoms with Crippen molar-refractivity contribution in [2.24, 2.45) is 0 Å². The van der Waals surface area contributed by atoms with Crippen molar-refractivity contribution in [1.82, 2.24) is 18.6 Å². The molecular formula is C46H52Cl2N6O10S4. The molecule has 2 aliphatic rings. The molecule has 364 valence electrons. The van der Waals surface area contributed by atoms with Gasteiger partial charge in [0, 0.05) is 110 Å². The van der Waals surface area contributed by atoms with Gasteiger partial charge in [-0.3, -0.25) is 0 Å². The Morgan fingerprint density at radius 3 is 1.31 bits per heavy atom. The SMILES string of the molecule is COc1ccc(Cc2csc(N3CCN(S(=O)(=O)c4ccc(OC)cc4OC)CC3)n2)c(OC)c1.COc1ccc(S(=O)(=O)N2CCN(c3nc(Cc4ccc(Cl)cc4Cl)cs3)CC2)c(OC)c1. The summed E-state index contributed by atoms with van der Waals surface area (Å²) in [5.41, 5.74) is 3.83. The molecule has 0 spiro atoms. The number of thiazole rings is 2. The van der Waals surface area contributed by atoms with Crippen LogP contribution in [0.15, 0.2) is 93.3 Å². The van der Waals surface area contributed by atoms with Crippen LogP contribution in [0.25, 0.3) is 0 Å². The third-order valence-corrected chi connectivity index (χ3v) is 17.7. The summed E-state index contributed by atoms with van der Waals surface area (Å²) in [7, 11) is 1.82. The van der Waals surface area contributed by atoms with E-state index in [0.717, 1.165) is 44.3 Å². The Morgan fingerprint density at radius 2 is 0.897 bits per heavy atom. The monoisotopic (exact) mass is 1050 g/mol. The van der Waals surface area contributed by atoms with Gasteiger partial charge in [-0.2, -0.15) is 8.61 Å². The fraction of sp³-hybridized carbons (Fsp3) is 0.348. The summed E-state index contributed by atoms with van der Waals surface area (Å²) in [6, 6.07) is 20.6. The number of sulfonamides is 2. The first-order valence-corrected chi connectivity index (χ1v) is 26.6. The van der Waals surface area contributed by atoms with E-state index in [0.29, 0.717) is 86.7 Å². The molecule has 2 saturated heterocycles. The Hall–Kier alpha value is -5.06. The third-order valence-electron chi connectivity index (χ3n) is 11.3. The second kappa shape index (κ2) is 22.6. The molecule has 16 nitrogen and oxygen atoms in total. The van der Waals surface area contributed by atoms with Gasteiger partial charge in [-0.05, 0) is 48.0 Å². The van der Waals surface area contributed by atoms with E-state index in [2.05, 4.69) is 9.80 Å². The van der Waals surface area contributed by atoms with Crippen LogP contribution in [0, 0.1) is 0 Å². The van der Waals surface area contributed by atoms with Gasteiger partial charge in [-0.15, -0.1) is 22.7 Å². The van der Waals surface area contributed by atoms with Crippen LogP contribution < -0.4 is 38.2 Å². The van der Waals surface area contributed by atoms with E-state index in [1.807, 2.05) is 41.1 Å². The molecule has 2 aliphatic heterocycles. The first-order chi connectivity index (χ1) is 32.7. The van der Waals surface area contributed by atoms with Crippen molar-refractivity contribution >= 4 is 76.2 Å². The number of hydrogen-bond donors (Lipinski definition) is 0. The standard InChI is InChI=1S/C24H29N3O6S2.C22H23Cl2N3O4S2/c1-30-19-6-5-17(21(14-19)32-3)13-18-16-34-24(25-18)26-9-11-27(12-10-26)35(28,29)23-8-7-20(31-2)15-22(23)33-4;1-30-18-5-6-21(20(13-18)31-2)33(28,29)27-9-7-26(8-10-27)22-25-17(14-32-22)11-15-3-4-16(23)12-19(15)24/h5-8,14-16H,9-13H2,1-4H3;3-6,12-14H,7-11H2,1-2H3. The van der Waals surface area contributed by atoms with Crippen molar-refractivity contribution in [1.29, 1.82) is 0 Å². The van der Waals surface area contributed by atoms with Crippen LogP contribution in [0.3, 0.4) is 0 Å². The average molecular weight is 1050 g/mol. The second-order valence-corrected chi connectivity index (χ2v) is 21.7. The van der Waals surface area contributed by atoms with E-state index in [4.69, 9.17) is 61.6 Å². The number of halogens is 2. The number of piperazine rings is 2. The highest BCUT2D eigenvalue weighted by molar-refractivity contribution is 7.89. The number of rotatable bonds is 16. The highest BCUT2D eigenvalue weighted by Gasteiger charge is 2.33. The molecule has 22 heteroatoms. The van der Waals surface area contributed by atoms with Crippen LogP contribution in [0.4, 0.5) is 10.3 Å². The van der Waals surface area contributed by atoms with Gasteiger partial charge in [-0.1, -0.05) is 35.3 Å². The van der Waals surface area contributed by atoms with E-state index < -0.39 is 20.0 Å². The summed E-state index contributed by atoms with van der Waals surface area (Å²) >= 11 is 15.4. The predicted octanol–water partition coefficient (Wildman–Crippen LogP) is 7.85. The molecule has 6 aromatic rings. The van der Waals surface area contributed by atoms with E-state index in [9.17, 15) is 16.8 Å². The summed E-state index contributed by atoms with van der Waals surface area (Å²) in [6.45, 7) is 3.63. The molecular weight excluding hydrogens is 996 g/mol. The molecule has 0 atom stereocenters. The summed E-state index contributed by atoms with van der Waals surface area (Å²) in [5.74, 6) is 3.11. The molecule has 2 fully saturated rings. The van der Waals surface area contributed by atoms with E-state index in [1.165, 1.54) is 49.2 Å². The molecule has 0 saturated carbocycles. The van der Waals surface area contributed by atoms with E-state index >= 15 is 0 Å². The third kappa shape index (κ3) is 11.7. The maximum atomic E-state index is 13.3. The summed E-state index contributed by atoms with van der Waals surface area (Å²) in [4.78, 5) is 14.0. The molecule has 0 bridgehead atoms. The van der Waals surface area contributed by atoms with E-state index in [1.54, 1.807) is 67.2 Å². The van der Waals surface area contributed by atoms with Crippen molar-refractivity contribution in [2.45, 2.75) is 22.6 Å². The number of aromatic nitrogens is 2. The number of ether oxygens (including phenoxy) is 6. The number of hydrogen-bond acceptors (Lipinski definition) is 16. The lowest BCUT2D eigenvalue weighted by Crippen LogP contribution is -2.48. The lowest BCUT2D eigenvalue weighted by molar-refractivity contribution is 0.369. The highest BCUT2D eigenvalue weighted by atomic mass is 35.5. The number of nitrogens with zero attached hydrogens (tertiary/aromatic N) is 6. The van der Waals surface area contributed by atoms with Crippen molar-refractivity contribution < 1.29 is 45.3 Å². The van der Waals surface area contributed by atoms with Crippen LogP contribution in [-0.2, 0) is 32.9 Å².